The fourth-order valence-electron chi connectivity index (χ4n) is 1.47. The number of nitrogens with zero attached hydrogens (tertiary/aromatic N) is 2. The Kier molecular flexibility index (Phi) is 6.35. The van der Waals surface area contributed by atoms with Crippen molar-refractivity contribution in [1.29, 1.82) is 5.26 Å². The number of ketones is 1. The molecule has 0 aliphatic carbocycles. The van der Waals surface area contributed by atoms with E-state index in [2.05, 4.69) is 0 Å². The number of Topliss-reactive ketones (excluding diaryl/α,β-unsaturated/α-hetero) is 1. The molecule has 1 atom stereocenters. The molecule has 1 amide bonds. The van der Waals surface area contributed by atoms with Gasteiger partial charge < -0.3 is 4.90 Å². The fourth-order valence-corrected chi connectivity index (χ4v) is 1.47. The van der Waals surface area contributed by atoms with Gasteiger partial charge in [0.15, 0.2) is 0 Å². The second-order valence-electron chi connectivity index (χ2n) is 3.37. The number of hydrogen-bond donors (Lipinski definition) is 0. The molecule has 0 radical (unpaired) electrons. The van der Waals surface area contributed by atoms with Crippen LogP contribution in [0.25, 0.3) is 0 Å². The Labute approximate surface area is 90.9 Å². The predicted octanol–water partition coefficient (Wildman–Crippen LogP) is 1.36. The van der Waals surface area contributed by atoms with Crippen LogP contribution < -0.4 is 0 Å². The largest absolute Gasteiger partial charge is 0.343 e. The first kappa shape index (κ1) is 13.6. The molecular formula is C11H18N2O2. The quantitative estimate of drug-likeness (QED) is 0.622. The van der Waals surface area contributed by atoms with Crippen LogP contribution in [0.15, 0.2) is 0 Å². The lowest BCUT2D eigenvalue weighted by Gasteiger charge is -2.23. The highest BCUT2D eigenvalue weighted by molar-refractivity contribution is 6.00. The van der Waals surface area contributed by atoms with Gasteiger partial charge in [0.1, 0.15) is 5.78 Å². The number of amides is 1. The van der Waals surface area contributed by atoms with E-state index in [1.54, 1.807) is 4.90 Å². The van der Waals surface area contributed by atoms with Crippen molar-refractivity contribution in [3.63, 3.8) is 0 Å². The molecule has 15 heavy (non-hydrogen) atoms. The third-order valence-electron chi connectivity index (χ3n) is 2.41. The monoisotopic (exact) mass is 210 g/mol. The van der Waals surface area contributed by atoms with Crippen LogP contribution in [0.4, 0.5) is 0 Å². The Hall–Kier alpha value is -1.37. The molecule has 0 N–H and O–H groups in total. The van der Waals surface area contributed by atoms with Gasteiger partial charge in [0.2, 0.25) is 5.91 Å². The molecule has 0 saturated carbocycles. The first-order valence-electron chi connectivity index (χ1n) is 5.24. The average molecular weight is 210 g/mol. The van der Waals surface area contributed by atoms with E-state index in [1.807, 2.05) is 19.9 Å². The minimum Gasteiger partial charge on any atom is -0.343 e. The van der Waals surface area contributed by atoms with Crippen LogP contribution in [-0.2, 0) is 9.59 Å². The van der Waals surface area contributed by atoms with Gasteiger partial charge >= 0.3 is 0 Å². The second-order valence-corrected chi connectivity index (χ2v) is 3.37. The Bertz CT molecular complexity index is 264. The van der Waals surface area contributed by atoms with Gasteiger partial charge in [0.05, 0.1) is 12.0 Å². The van der Waals surface area contributed by atoms with Crippen LogP contribution in [0.5, 0.6) is 0 Å². The number of carbonyl (C=O) groups excluding carboxylic acids is 2. The Morgan fingerprint density at radius 3 is 2.20 bits per heavy atom. The number of carbonyl (C=O) groups is 2. The number of hydrogen-bond acceptors (Lipinski definition) is 3. The molecule has 0 saturated heterocycles. The van der Waals surface area contributed by atoms with E-state index in [9.17, 15) is 9.59 Å². The lowest BCUT2D eigenvalue weighted by molar-refractivity contribution is -0.140. The molecule has 1 unspecified atom stereocenters. The van der Waals surface area contributed by atoms with E-state index in [-0.39, 0.29) is 18.1 Å². The van der Waals surface area contributed by atoms with Crippen LogP contribution in [-0.4, -0.2) is 29.7 Å². The minimum atomic E-state index is -0.635. The smallest absolute Gasteiger partial charge is 0.233 e. The maximum atomic E-state index is 11.8. The fraction of sp³-hybridized carbons (Fsp3) is 0.727. The summed E-state index contributed by atoms with van der Waals surface area (Å²) in [6, 6.07) is 1.96. The van der Waals surface area contributed by atoms with Crippen molar-refractivity contribution < 1.29 is 9.59 Å². The minimum absolute atomic E-state index is 0.150. The van der Waals surface area contributed by atoms with E-state index in [4.69, 9.17) is 5.26 Å². The third kappa shape index (κ3) is 4.11. The maximum Gasteiger partial charge on any atom is 0.233 e. The van der Waals surface area contributed by atoms with Gasteiger partial charge in [0, 0.05) is 19.5 Å². The van der Waals surface area contributed by atoms with Gasteiger partial charge in [-0.3, -0.25) is 9.59 Å². The van der Waals surface area contributed by atoms with Gasteiger partial charge in [-0.2, -0.15) is 5.26 Å². The summed E-state index contributed by atoms with van der Waals surface area (Å²) >= 11 is 0. The van der Waals surface area contributed by atoms with Crippen molar-refractivity contribution in [3.05, 3.63) is 0 Å². The average Bonchev–Trinajstić information content (AvgIpc) is 2.19. The van der Waals surface area contributed by atoms with Crippen LogP contribution in [0.3, 0.4) is 0 Å². The molecular weight excluding hydrogens is 192 g/mol. The molecule has 0 aromatic rings. The van der Waals surface area contributed by atoms with E-state index >= 15 is 0 Å². The molecule has 0 spiro atoms. The van der Waals surface area contributed by atoms with Crippen molar-refractivity contribution in [2.75, 3.05) is 13.1 Å². The van der Waals surface area contributed by atoms with Crippen LogP contribution in [0.2, 0.25) is 0 Å². The van der Waals surface area contributed by atoms with Crippen molar-refractivity contribution >= 4 is 11.7 Å². The molecule has 0 aliphatic rings. The maximum absolute atomic E-state index is 11.8. The van der Waals surface area contributed by atoms with Gasteiger partial charge in [0.25, 0.3) is 0 Å². The summed E-state index contributed by atoms with van der Waals surface area (Å²) in [7, 11) is 0. The van der Waals surface area contributed by atoms with Crippen molar-refractivity contribution in [2.45, 2.75) is 33.6 Å². The van der Waals surface area contributed by atoms with Crippen LogP contribution in [0, 0.1) is 17.2 Å². The molecule has 0 heterocycles. The molecule has 0 fully saturated rings. The lowest BCUT2D eigenvalue weighted by Crippen LogP contribution is -2.38. The highest BCUT2D eigenvalue weighted by Gasteiger charge is 2.26. The van der Waals surface area contributed by atoms with Gasteiger partial charge in [-0.05, 0) is 27.2 Å². The molecule has 0 rings (SSSR count). The summed E-state index contributed by atoms with van der Waals surface area (Å²) in [5.41, 5.74) is 0. The molecule has 4 heteroatoms. The Morgan fingerprint density at radius 1 is 1.33 bits per heavy atom. The highest BCUT2D eigenvalue weighted by atomic mass is 16.2. The predicted molar refractivity (Wildman–Crippen MR) is 56.9 cm³/mol. The van der Waals surface area contributed by atoms with E-state index in [0.717, 1.165) is 0 Å². The zero-order chi connectivity index (χ0) is 11.8. The van der Waals surface area contributed by atoms with Crippen LogP contribution >= 0.6 is 0 Å². The topological polar surface area (TPSA) is 61.2 Å². The van der Waals surface area contributed by atoms with Gasteiger partial charge in [-0.1, -0.05) is 0 Å². The van der Waals surface area contributed by atoms with Crippen molar-refractivity contribution in [3.8, 4) is 6.07 Å². The zero-order valence-corrected chi connectivity index (χ0v) is 9.62. The molecule has 0 aliphatic heterocycles. The van der Waals surface area contributed by atoms with Gasteiger partial charge in [-0.25, -0.2) is 0 Å². The summed E-state index contributed by atoms with van der Waals surface area (Å²) in [6.45, 7) is 6.37. The first-order chi connectivity index (χ1) is 7.08. The zero-order valence-electron chi connectivity index (χ0n) is 9.62. The van der Waals surface area contributed by atoms with Gasteiger partial charge in [-0.15, -0.1) is 0 Å². The van der Waals surface area contributed by atoms with Crippen LogP contribution in [0.1, 0.15) is 33.6 Å². The standard InChI is InChI=1S/C11H18N2O2/c1-4-13(5-2)11(15)10(9(3)14)7-6-8-12/h10H,4-7H2,1-3H3. The number of rotatable bonds is 6. The Morgan fingerprint density at radius 2 is 1.87 bits per heavy atom. The first-order valence-corrected chi connectivity index (χ1v) is 5.24. The molecule has 0 aromatic heterocycles. The summed E-state index contributed by atoms with van der Waals surface area (Å²) in [6.07, 6.45) is 0.582. The lowest BCUT2D eigenvalue weighted by atomic mass is 9.98. The van der Waals surface area contributed by atoms with E-state index < -0.39 is 5.92 Å². The summed E-state index contributed by atoms with van der Waals surface area (Å²) in [4.78, 5) is 24.7. The molecule has 84 valence electrons. The van der Waals surface area contributed by atoms with Crippen molar-refractivity contribution in [1.82, 2.24) is 4.90 Å². The molecule has 4 nitrogen and oxygen atoms in total. The highest BCUT2D eigenvalue weighted by Crippen LogP contribution is 2.11. The SMILES string of the molecule is CCN(CC)C(=O)C(CCC#N)C(C)=O. The third-order valence-corrected chi connectivity index (χ3v) is 2.41. The molecule has 0 bridgehead atoms. The molecule has 0 aromatic carbocycles. The summed E-state index contributed by atoms with van der Waals surface area (Å²) in [5, 5.41) is 8.45. The van der Waals surface area contributed by atoms with Crippen molar-refractivity contribution in [2.24, 2.45) is 5.92 Å². The van der Waals surface area contributed by atoms with E-state index in [1.165, 1.54) is 6.92 Å². The summed E-state index contributed by atoms with van der Waals surface area (Å²) < 4.78 is 0. The normalized spacial score (nSPS) is 11.6. The Balaban J connectivity index is 4.55. The number of nitriles is 1. The summed E-state index contributed by atoms with van der Waals surface area (Å²) in [5.74, 6) is -0.936. The second kappa shape index (κ2) is 6.99. The van der Waals surface area contributed by atoms with E-state index in [0.29, 0.717) is 19.5 Å².